The minimum Gasteiger partial charge on any atom is -0.482 e. The minimum absolute atomic E-state index is 0.263. The Hall–Kier alpha value is -3.35. The Kier molecular flexibility index (Phi) is 6.53. The molecule has 0 fully saturated rings. The number of esters is 1. The lowest BCUT2D eigenvalue weighted by atomic mass is 10.2. The topological polar surface area (TPSA) is 93.7 Å². The van der Waals surface area contributed by atoms with Crippen molar-refractivity contribution in [2.75, 3.05) is 25.6 Å². The molecule has 0 aliphatic rings. The zero-order valence-corrected chi connectivity index (χ0v) is 13.7. The maximum atomic E-state index is 11.8. The van der Waals surface area contributed by atoms with E-state index < -0.39 is 18.5 Å². The van der Waals surface area contributed by atoms with Crippen LogP contribution in [0.1, 0.15) is 10.4 Å². The van der Waals surface area contributed by atoms with Gasteiger partial charge in [0.15, 0.2) is 13.2 Å². The first-order chi connectivity index (χ1) is 12.1. The van der Waals surface area contributed by atoms with Crippen LogP contribution < -0.4 is 15.4 Å². The third-order valence-electron chi connectivity index (χ3n) is 3.10. The van der Waals surface area contributed by atoms with E-state index in [1.165, 1.54) is 13.1 Å². The summed E-state index contributed by atoms with van der Waals surface area (Å²) in [6.07, 6.45) is 0. The summed E-state index contributed by atoms with van der Waals surface area (Å²) in [6.45, 7) is -0.732. The van der Waals surface area contributed by atoms with E-state index in [0.717, 1.165) is 0 Å². The molecule has 0 aromatic heterocycles. The van der Waals surface area contributed by atoms with E-state index in [2.05, 4.69) is 10.6 Å². The van der Waals surface area contributed by atoms with Crippen LogP contribution >= 0.6 is 0 Å². The van der Waals surface area contributed by atoms with Gasteiger partial charge in [0.2, 0.25) is 0 Å². The average Bonchev–Trinajstić information content (AvgIpc) is 2.65. The predicted octanol–water partition coefficient (Wildman–Crippen LogP) is 1.61. The molecule has 7 nitrogen and oxygen atoms in total. The molecule has 0 spiro atoms. The summed E-state index contributed by atoms with van der Waals surface area (Å²) in [5, 5.41) is 5.05. The summed E-state index contributed by atoms with van der Waals surface area (Å²) in [5.41, 5.74) is 0.844. The number of hydrogen-bond donors (Lipinski definition) is 2. The fraction of sp³-hybridized carbons (Fsp3) is 0.167. The molecule has 0 radical (unpaired) electrons. The third kappa shape index (κ3) is 5.98. The van der Waals surface area contributed by atoms with E-state index in [0.29, 0.717) is 17.0 Å². The lowest BCUT2D eigenvalue weighted by molar-refractivity contribution is -0.149. The van der Waals surface area contributed by atoms with Gasteiger partial charge in [-0.3, -0.25) is 9.59 Å². The van der Waals surface area contributed by atoms with Gasteiger partial charge in [-0.15, -0.1) is 0 Å². The van der Waals surface area contributed by atoms with E-state index >= 15 is 0 Å². The number of para-hydroxylation sites is 1. The second-order valence-corrected chi connectivity index (χ2v) is 4.97. The van der Waals surface area contributed by atoms with Gasteiger partial charge in [0, 0.05) is 18.3 Å². The molecule has 2 aromatic rings. The molecule has 130 valence electrons. The highest BCUT2D eigenvalue weighted by Crippen LogP contribution is 2.11. The molecule has 7 heteroatoms. The summed E-state index contributed by atoms with van der Waals surface area (Å²) in [4.78, 5) is 34.9. The maximum Gasteiger partial charge on any atom is 0.344 e. The van der Waals surface area contributed by atoms with E-state index in [9.17, 15) is 14.4 Å². The summed E-state index contributed by atoms with van der Waals surface area (Å²) < 4.78 is 10.1. The van der Waals surface area contributed by atoms with Crippen LogP contribution in [0.15, 0.2) is 54.6 Å². The van der Waals surface area contributed by atoms with E-state index in [4.69, 9.17) is 9.47 Å². The Morgan fingerprint density at radius 3 is 2.44 bits per heavy atom. The van der Waals surface area contributed by atoms with Gasteiger partial charge in [0.25, 0.3) is 11.8 Å². The third-order valence-corrected chi connectivity index (χ3v) is 3.10. The number of carbonyl (C=O) groups is 3. The number of carbonyl (C=O) groups excluding carboxylic acids is 3. The minimum atomic E-state index is -0.655. The average molecular weight is 342 g/mol. The largest absolute Gasteiger partial charge is 0.482 e. The SMILES string of the molecule is CNC(=O)c1cccc(NC(=O)COC(=O)COc2ccccc2)c1. The Morgan fingerprint density at radius 2 is 1.72 bits per heavy atom. The maximum absolute atomic E-state index is 11.8. The second-order valence-electron chi connectivity index (χ2n) is 4.97. The summed E-state index contributed by atoms with van der Waals surface area (Å²) in [6, 6.07) is 15.2. The number of amides is 2. The van der Waals surface area contributed by atoms with Gasteiger partial charge in [-0.05, 0) is 30.3 Å². The van der Waals surface area contributed by atoms with Gasteiger partial charge in [0.1, 0.15) is 5.75 Å². The van der Waals surface area contributed by atoms with Crippen LogP contribution in [0.5, 0.6) is 5.75 Å². The molecule has 2 aromatic carbocycles. The molecule has 0 saturated heterocycles. The highest BCUT2D eigenvalue weighted by Gasteiger charge is 2.10. The molecule has 2 rings (SSSR count). The van der Waals surface area contributed by atoms with Crippen molar-refractivity contribution >= 4 is 23.5 Å². The van der Waals surface area contributed by atoms with Crippen molar-refractivity contribution in [3.63, 3.8) is 0 Å². The van der Waals surface area contributed by atoms with E-state index in [1.54, 1.807) is 42.5 Å². The molecule has 0 aliphatic carbocycles. The molecule has 0 atom stereocenters. The van der Waals surface area contributed by atoms with Gasteiger partial charge in [0.05, 0.1) is 0 Å². The first-order valence-electron chi connectivity index (χ1n) is 7.54. The smallest absolute Gasteiger partial charge is 0.344 e. The summed E-state index contributed by atoms with van der Waals surface area (Å²) in [7, 11) is 1.52. The normalized spacial score (nSPS) is 9.80. The van der Waals surface area contributed by atoms with Crippen molar-refractivity contribution in [3.05, 3.63) is 60.2 Å². The molecule has 0 bridgehead atoms. The van der Waals surface area contributed by atoms with E-state index in [1.807, 2.05) is 6.07 Å². The van der Waals surface area contributed by atoms with Gasteiger partial charge in [-0.25, -0.2) is 4.79 Å². The van der Waals surface area contributed by atoms with Crippen LogP contribution in [0, 0.1) is 0 Å². The van der Waals surface area contributed by atoms with Crippen molar-refractivity contribution in [1.29, 1.82) is 0 Å². The molecule has 0 unspecified atom stereocenters. The number of rotatable bonds is 7. The lowest BCUT2D eigenvalue weighted by Crippen LogP contribution is -2.24. The van der Waals surface area contributed by atoms with Crippen molar-refractivity contribution < 1.29 is 23.9 Å². The first kappa shape index (κ1) is 18.0. The second kappa shape index (κ2) is 9.07. The standard InChI is InChI=1S/C18H18N2O5/c1-19-18(23)13-6-5-7-14(10-13)20-16(21)11-25-17(22)12-24-15-8-3-2-4-9-15/h2-10H,11-12H2,1H3,(H,19,23)(H,20,21). The lowest BCUT2D eigenvalue weighted by Gasteiger charge is -2.08. The molecular weight excluding hydrogens is 324 g/mol. The zero-order valence-electron chi connectivity index (χ0n) is 13.7. The molecular formula is C18H18N2O5. The number of hydrogen-bond acceptors (Lipinski definition) is 5. The van der Waals surface area contributed by atoms with Crippen LogP contribution in [0.3, 0.4) is 0 Å². The van der Waals surface area contributed by atoms with Crippen LogP contribution in [0.2, 0.25) is 0 Å². The number of benzene rings is 2. The van der Waals surface area contributed by atoms with Crippen molar-refractivity contribution in [2.24, 2.45) is 0 Å². The Labute approximate surface area is 144 Å². The van der Waals surface area contributed by atoms with Gasteiger partial charge in [-0.2, -0.15) is 0 Å². The highest BCUT2D eigenvalue weighted by atomic mass is 16.6. The van der Waals surface area contributed by atoms with Crippen LogP contribution in [0.25, 0.3) is 0 Å². The fourth-order valence-electron chi connectivity index (χ4n) is 1.93. The number of anilines is 1. The van der Waals surface area contributed by atoms with Crippen LogP contribution in [-0.2, 0) is 14.3 Å². The molecule has 0 saturated carbocycles. The summed E-state index contributed by atoms with van der Waals surface area (Å²) >= 11 is 0. The van der Waals surface area contributed by atoms with Crippen LogP contribution in [0.4, 0.5) is 5.69 Å². The molecule has 0 heterocycles. The van der Waals surface area contributed by atoms with Gasteiger partial charge >= 0.3 is 5.97 Å². The van der Waals surface area contributed by atoms with Crippen molar-refractivity contribution in [2.45, 2.75) is 0 Å². The van der Waals surface area contributed by atoms with Crippen molar-refractivity contribution in [1.82, 2.24) is 5.32 Å². The summed E-state index contributed by atoms with van der Waals surface area (Å²) in [5.74, 6) is -0.893. The molecule has 0 aliphatic heterocycles. The first-order valence-corrected chi connectivity index (χ1v) is 7.54. The molecule has 25 heavy (non-hydrogen) atoms. The Balaban J connectivity index is 1.76. The van der Waals surface area contributed by atoms with Crippen LogP contribution in [-0.4, -0.2) is 38.0 Å². The molecule has 2 amide bonds. The van der Waals surface area contributed by atoms with Gasteiger partial charge < -0.3 is 20.1 Å². The monoisotopic (exact) mass is 342 g/mol. The van der Waals surface area contributed by atoms with Gasteiger partial charge in [-0.1, -0.05) is 24.3 Å². The Morgan fingerprint density at radius 1 is 0.960 bits per heavy atom. The number of ether oxygens (including phenoxy) is 2. The predicted molar refractivity (Wildman–Crippen MR) is 91.4 cm³/mol. The zero-order chi connectivity index (χ0) is 18.1. The Bertz CT molecular complexity index is 746. The molecule has 2 N–H and O–H groups in total. The van der Waals surface area contributed by atoms with E-state index in [-0.39, 0.29) is 12.5 Å². The highest BCUT2D eigenvalue weighted by molar-refractivity contribution is 5.97. The quantitative estimate of drug-likeness (QED) is 0.746. The number of nitrogens with one attached hydrogen (secondary N) is 2. The van der Waals surface area contributed by atoms with Crippen molar-refractivity contribution in [3.8, 4) is 5.75 Å². The fourth-order valence-corrected chi connectivity index (χ4v) is 1.93.